The van der Waals surface area contributed by atoms with Crippen molar-refractivity contribution in [1.82, 2.24) is 0 Å². The molecule has 98 valence electrons. The van der Waals surface area contributed by atoms with Crippen LogP contribution in [0.1, 0.15) is 20.8 Å². The van der Waals surface area contributed by atoms with Gasteiger partial charge in [-0.2, -0.15) is 0 Å². The number of ether oxygens (including phenoxy) is 1. The van der Waals surface area contributed by atoms with Crippen molar-refractivity contribution < 1.29 is 9.53 Å². The highest BCUT2D eigenvalue weighted by Gasteiger charge is 2.10. The molecule has 0 radical (unpaired) electrons. The van der Waals surface area contributed by atoms with Crippen LogP contribution in [-0.2, 0) is 11.3 Å². The van der Waals surface area contributed by atoms with Crippen molar-refractivity contribution in [3.05, 3.63) is 58.3 Å². The van der Waals surface area contributed by atoms with E-state index in [2.05, 4.69) is 6.58 Å². The number of thiophene rings is 1. The van der Waals surface area contributed by atoms with Crippen LogP contribution in [0.2, 0.25) is 0 Å². The van der Waals surface area contributed by atoms with E-state index in [1.165, 1.54) is 11.3 Å². The van der Waals surface area contributed by atoms with Gasteiger partial charge in [0.25, 0.3) is 0 Å². The van der Waals surface area contributed by atoms with E-state index in [9.17, 15) is 4.79 Å². The number of carbonyl (C=O) groups is 1. The Balaban J connectivity index is 1.93. The van der Waals surface area contributed by atoms with Gasteiger partial charge >= 0.3 is 5.97 Å². The molecule has 0 N–H and O–H groups in total. The molecule has 0 atom stereocenters. The van der Waals surface area contributed by atoms with Crippen molar-refractivity contribution in [3.63, 3.8) is 0 Å². The van der Waals surface area contributed by atoms with E-state index >= 15 is 0 Å². The number of hydrogen-bond donors (Lipinski definition) is 0. The average molecular weight is 290 g/mol. The summed E-state index contributed by atoms with van der Waals surface area (Å²) in [7, 11) is 0. The zero-order valence-corrected chi connectivity index (χ0v) is 12.2. The zero-order chi connectivity index (χ0) is 13.7. The molecular formula is C15H14O2S2. The number of thioether (sulfide) groups is 1. The van der Waals surface area contributed by atoms with Gasteiger partial charge in [0.05, 0.1) is 0 Å². The van der Waals surface area contributed by atoms with Crippen molar-refractivity contribution in [1.29, 1.82) is 0 Å². The Morgan fingerprint density at radius 1 is 1.42 bits per heavy atom. The Morgan fingerprint density at radius 2 is 2.16 bits per heavy atom. The summed E-state index contributed by atoms with van der Waals surface area (Å²) in [5.74, 6) is -0.266. The smallest absolute Gasteiger partial charge is 0.348 e. The van der Waals surface area contributed by atoms with Crippen molar-refractivity contribution in [2.45, 2.75) is 11.5 Å². The third-order valence-electron chi connectivity index (χ3n) is 2.60. The van der Waals surface area contributed by atoms with Gasteiger partial charge in [-0.25, -0.2) is 4.79 Å². The lowest BCUT2D eigenvalue weighted by Gasteiger charge is -2.03. The van der Waals surface area contributed by atoms with E-state index in [1.807, 2.05) is 42.0 Å². The van der Waals surface area contributed by atoms with Gasteiger partial charge in [-0.05, 0) is 23.4 Å². The van der Waals surface area contributed by atoms with Crippen LogP contribution >= 0.6 is 23.1 Å². The number of hydrogen-bond acceptors (Lipinski definition) is 4. The van der Waals surface area contributed by atoms with E-state index in [4.69, 9.17) is 4.74 Å². The lowest BCUT2D eigenvalue weighted by Crippen LogP contribution is -2.03. The minimum Gasteiger partial charge on any atom is -0.457 e. The first-order valence-corrected chi connectivity index (χ1v) is 7.84. The van der Waals surface area contributed by atoms with Crippen LogP contribution in [0.4, 0.5) is 0 Å². The third-order valence-corrected chi connectivity index (χ3v) is 4.36. The second-order valence-corrected chi connectivity index (χ2v) is 5.66. The standard InChI is InChI=1S/C15H14O2S2/c1-3-11-4-6-12(7-5-11)9-17-15(16)14-8-13(18-2)10-19-14/h3-8,10H,1,9H2,2H3. The maximum Gasteiger partial charge on any atom is 0.348 e. The molecule has 0 amide bonds. The fraction of sp³-hybridized carbons (Fsp3) is 0.133. The number of carbonyl (C=O) groups excluding carboxylic acids is 1. The Bertz CT molecular complexity index is 570. The second kappa shape index (κ2) is 6.59. The summed E-state index contributed by atoms with van der Waals surface area (Å²) < 4.78 is 5.28. The maximum atomic E-state index is 11.8. The van der Waals surface area contributed by atoms with Crippen molar-refractivity contribution in [3.8, 4) is 0 Å². The molecule has 0 saturated heterocycles. The Kier molecular flexibility index (Phi) is 4.82. The molecule has 1 aromatic heterocycles. The SMILES string of the molecule is C=Cc1ccc(COC(=O)c2cc(SC)cs2)cc1. The molecule has 4 heteroatoms. The summed E-state index contributed by atoms with van der Waals surface area (Å²) in [6.07, 6.45) is 3.77. The van der Waals surface area contributed by atoms with E-state index in [0.29, 0.717) is 11.5 Å². The Morgan fingerprint density at radius 3 is 2.74 bits per heavy atom. The minimum atomic E-state index is -0.266. The maximum absolute atomic E-state index is 11.8. The summed E-state index contributed by atoms with van der Waals surface area (Å²) in [6.45, 7) is 3.99. The van der Waals surface area contributed by atoms with E-state index in [1.54, 1.807) is 17.8 Å². The predicted octanol–water partition coefficient (Wildman–Crippen LogP) is 4.47. The number of esters is 1. The van der Waals surface area contributed by atoms with Crippen LogP contribution in [0.25, 0.3) is 6.08 Å². The van der Waals surface area contributed by atoms with Gasteiger partial charge < -0.3 is 4.74 Å². The molecule has 1 aromatic carbocycles. The highest BCUT2D eigenvalue weighted by atomic mass is 32.2. The van der Waals surface area contributed by atoms with Gasteiger partial charge in [0, 0.05) is 10.3 Å². The van der Waals surface area contributed by atoms with Crippen LogP contribution in [0.15, 0.2) is 47.2 Å². The molecule has 0 aliphatic rings. The predicted molar refractivity (Wildman–Crippen MR) is 81.8 cm³/mol. The van der Waals surface area contributed by atoms with Crippen LogP contribution in [0.3, 0.4) is 0 Å². The first kappa shape index (κ1) is 13.9. The van der Waals surface area contributed by atoms with E-state index in [0.717, 1.165) is 16.0 Å². The van der Waals surface area contributed by atoms with Gasteiger partial charge in [0.1, 0.15) is 11.5 Å². The molecule has 1 heterocycles. The fourth-order valence-electron chi connectivity index (χ4n) is 1.50. The molecule has 0 bridgehead atoms. The van der Waals surface area contributed by atoms with Crippen molar-refractivity contribution >= 4 is 35.1 Å². The quantitative estimate of drug-likeness (QED) is 0.600. The molecule has 0 aliphatic heterocycles. The van der Waals surface area contributed by atoms with Gasteiger partial charge in [0.2, 0.25) is 0 Å². The summed E-state index contributed by atoms with van der Waals surface area (Å²) in [6, 6.07) is 9.64. The molecule has 0 fully saturated rings. The topological polar surface area (TPSA) is 26.3 Å². The largest absolute Gasteiger partial charge is 0.457 e. The summed E-state index contributed by atoms with van der Waals surface area (Å²) in [5.41, 5.74) is 2.03. The summed E-state index contributed by atoms with van der Waals surface area (Å²) in [4.78, 5) is 13.6. The van der Waals surface area contributed by atoms with Crippen molar-refractivity contribution in [2.24, 2.45) is 0 Å². The molecule has 0 saturated carbocycles. The zero-order valence-electron chi connectivity index (χ0n) is 10.6. The van der Waals surface area contributed by atoms with Crippen LogP contribution < -0.4 is 0 Å². The van der Waals surface area contributed by atoms with Crippen molar-refractivity contribution in [2.75, 3.05) is 6.26 Å². The molecule has 0 spiro atoms. The first-order valence-electron chi connectivity index (χ1n) is 5.74. The number of rotatable bonds is 5. The normalized spacial score (nSPS) is 10.2. The monoisotopic (exact) mass is 290 g/mol. The lowest BCUT2D eigenvalue weighted by atomic mass is 10.1. The van der Waals surface area contributed by atoms with E-state index in [-0.39, 0.29) is 5.97 Å². The Hall–Kier alpha value is -1.52. The Labute approximate surface area is 121 Å². The fourth-order valence-corrected chi connectivity index (χ4v) is 3.00. The average Bonchev–Trinajstić information content (AvgIpc) is 2.94. The minimum absolute atomic E-state index is 0.266. The highest BCUT2D eigenvalue weighted by Crippen LogP contribution is 2.23. The van der Waals surface area contributed by atoms with Gasteiger partial charge in [-0.1, -0.05) is 36.9 Å². The molecule has 2 aromatic rings. The van der Waals surface area contributed by atoms with Crippen LogP contribution in [-0.4, -0.2) is 12.2 Å². The summed E-state index contributed by atoms with van der Waals surface area (Å²) in [5, 5.41) is 1.96. The molecule has 0 unspecified atom stereocenters. The second-order valence-electron chi connectivity index (χ2n) is 3.87. The van der Waals surface area contributed by atoms with Crippen LogP contribution in [0, 0.1) is 0 Å². The number of benzene rings is 1. The lowest BCUT2D eigenvalue weighted by molar-refractivity contribution is 0.0478. The molecule has 19 heavy (non-hydrogen) atoms. The van der Waals surface area contributed by atoms with E-state index < -0.39 is 0 Å². The first-order chi connectivity index (χ1) is 9.22. The van der Waals surface area contributed by atoms with Crippen LogP contribution in [0.5, 0.6) is 0 Å². The van der Waals surface area contributed by atoms with Gasteiger partial charge in [-0.3, -0.25) is 0 Å². The molecule has 2 rings (SSSR count). The molecule has 2 nitrogen and oxygen atoms in total. The van der Waals surface area contributed by atoms with Gasteiger partial charge in [0.15, 0.2) is 0 Å². The molecule has 0 aliphatic carbocycles. The van der Waals surface area contributed by atoms with Gasteiger partial charge in [-0.15, -0.1) is 23.1 Å². The highest BCUT2D eigenvalue weighted by molar-refractivity contribution is 7.98. The third kappa shape index (κ3) is 3.72. The molecular weight excluding hydrogens is 276 g/mol. The summed E-state index contributed by atoms with van der Waals surface area (Å²) >= 11 is 3.03.